The molecule has 0 atom stereocenters. The van der Waals surface area contributed by atoms with Crippen LogP contribution in [0.2, 0.25) is 5.02 Å². The van der Waals surface area contributed by atoms with E-state index in [1.165, 1.54) is 0 Å². The predicted molar refractivity (Wildman–Crippen MR) is 97.2 cm³/mol. The van der Waals surface area contributed by atoms with E-state index in [2.05, 4.69) is 16.4 Å². The third-order valence-electron chi connectivity index (χ3n) is 4.68. The summed E-state index contributed by atoms with van der Waals surface area (Å²) < 4.78 is 11.2. The summed E-state index contributed by atoms with van der Waals surface area (Å²) >= 11 is 6.26. The Balaban J connectivity index is 1.88. The van der Waals surface area contributed by atoms with Crippen molar-refractivity contribution in [2.24, 2.45) is 0 Å². The van der Waals surface area contributed by atoms with Gasteiger partial charge in [-0.3, -0.25) is 0 Å². The number of hydrogen-bond acceptors (Lipinski definition) is 5. The Morgan fingerprint density at radius 3 is 2.76 bits per heavy atom. The summed E-state index contributed by atoms with van der Waals surface area (Å²) in [7, 11) is 1.68. The van der Waals surface area contributed by atoms with E-state index in [9.17, 15) is 0 Å². The Hall–Kier alpha value is -2.29. The van der Waals surface area contributed by atoms with Gasteiger partial charge in [0.2, 0.25) is 0 Å². The lowest BCUT2D eigenvalue weighted by Gasteiger charge is -2.38. The predicted octanol–water partition coefficient (Wildman–Crippen LogP) is 3.78. The van der Waals surface area contributed by atoms with Crippen LogP contribution in [0.5, 0.6) is 5.75 Å². The third-order valence-corrected chi connectivity index (χ3v) is 4.92. The second kappa shape index (κ2) is 7.73. The van der Waals surface area contributed by atoms with Gasteiger partial charge < -0.3 is 14.8 Å². The molecule has 1 aliphatic rings. The summed E-state index contributed by atoms with van der Waals surface area (Å²) in [5.74, 6) is 1.58. The Morgan fingerprint density at radius 1 is 1.32 bits per heavy atom. The molecule has 1 N–H and O–H groups in total. The molecule has 0 bridgehead atoms. The molecule has 2 heterocycles. The molecule has 25 heavy (non-hydrogen) atoms. The first-order chi connectivity index (χ1) is 12.2. The number of nitrogens with zero attached hydrogens (tertiary/aromatic N) is 2. The molecular formula is C19H20ClN3O2. The fourth-order valence-corrected chi connectivity index (χ4v) is 3.39. The molecule has 3 rings (SSSR count). The van der Waals surface area contributed by atoms with Crippen molar-refractivity contribution in [1.29, 1.82) is 5.26 Å². The Bertz CT molecular complexity index is 765. The molecule has 1 aliphatic heterocycles. The van der Waals surface area contributed by atoms with E-state index < -0.39 is 0 Å². The third kappa shape index (κ3) is 3.87. The van der Waals surface area contributed by atoms with Gasteiger partial charge in [-0.05, 0) is 43.2 Å². The highest BCUT2D eigenvalue weighted by molar-refractivity contribution is 6.30. The summed E-state index contributed by atoms with van der Waals surface area (Å²) in [5, 5.41) is 13.0. The van der Waals surface area contributed by atoms with Crippen LogP contribution in [0.15, 0.2) is 36.5 Å². The van der Waals surface area contributed by atoms with Crippen molar-refractivity contribution >= 4 is 17.4 Å². The summed E-state index contributed by atoms with van der Waals surface area (Å²) in [6, 6.07) is 11.4. The first-order valence-electron chi connectivity index (χ1n) is 8.19. The van der Waals surface area contributed by atoms with Crippen molar-refractivity contribution in [1.82, 2.24) is 4.98 Å². The molecule has 0 unspecified atom stereocenters. The number of hydrogen-bond donors (Lipinski definition) is 1. The van der Waals surface area contributed by atoms with Gasteiger partial charge >= 0.3 is 0 Å². The summed E-state index contributed by atoms with van der Waals surface area (Å²) in [6.45, 7) is 2.07. The summed E-state index contributed by atoms with van der Waals surface area (Å²) in [6.07, 6.45) is 3.30. The van der Waals surface area contributed by atoms with E-state index in [1.54, 1.807) is 19.4 Å². The maximum atomic E-state index is 8.88. The molecule has 1 aromatic carbocycles. The first-order valence-corrected chi connectivity index (χ1v) is 8.56. The zero-order valence-corrected chi connectivity index (χ0v) is 14.8. The van der Waals surface area contributed by atoms with Crippen LogP contribution in [0.3, 0.4) is 0 Å². The quantitative estimate of drug-likeness (QED) is 0.882. The lowest BCUT2D eigenvalue weighted by Crippen LogP contribution is -2.40. The van der Waals surface area contributed by atoms with Gasteiger partial charge in [0.25, 0.3) is 0 Å². The van der Waals surface area contributed by atoms with E-state index in [0.29, 0.717) is 30.3 Å². The van der Waals surface area contributed by atoms with Crippen molar-refractivity contribution in [3.05, 3.63) is 52.7 Å². The fraction of sp³-hybridized carbons (Fsp3) is 0.368. The zero-order chi connectivity index (χ0) is 17.7. The normalized spacial score (nSPS) is 16.0. The monoisotopic (exact) mass is 357 g/mol. The van der Waals surface area contributed by atoms with E-state index in [0.717, 1.165) is 30.0 Å². The van der Waals surface area contributed by atoms with Gasteiger partial charge in [-0.15, -0.1) is 0 Å². The molecule has 2 aromatic rings. The topological polar surface area (TPSA) is 67.2 Å². The van der Waals surface area contributed by atoms with Crippen LogP contribution in [0, 0.1) is 11.3 Å². The number of nitriles is 1. The number of pyridine rings is 1. The molecule has 1 aromatic heterocycles. The van der Waals surface area contributed by atoms with Gasteiger partial charge in [0.05, 0.1) is 12.7 Å². The number of benzene rings is 1. The van der Waals surface area contributed by atoms with Gasteiger partial charge in [-0.2, -0.15) is 5.26 Å². The van der Waals surface area contributed by atoms with E-state index in [1.807, 2.05) is 24.3 Å². The standard InChI is InChI=1S/C19H20ClN3O2/c1-24-17-4-3-15(20)10-16(17)19(6-8-25-9-7-19)13-23-18-5-2-14(11-21)12-22-18/h2-5,10,12H,6-9,13H2,1H3,(H,22,23). The van der Waals surface area contributed by atoms with Crippen LogP contribution in [-0.2, 0) is 10.2 Å². The van der Waals surface area contributed by atoms with Crippen LogP contribution in [0.25, 0.3) is 0 Å². The minimum atomic E-state index is -0.149. The molecule has 0 spiro atoms. The Morgan fingerprint density at radius 2 is 2.12 bits per heavy atom. The largest absolute Gasteiger partial charge is 0.496 e. The molecule has 0 aliphatic carbocycles. The van der Waals surface area contributed by atoms with Gasteiger partial charge in [0.1, 0.15) is 17.6 Å². The fourth-order valence-electron chi connectivity index (χ4n) is 3.22. The smallest absolute Gasteiger partial charge is 0.125 e. The average Bonchev–Trinajstić information content (AvgIpc) is 2.67. The maximum Gasteiger partial charge on any atom is 0.125 e. The molecule has 130 valence electrons. The van der Waals surface area contributed by atoms with E-state index in [-0.39, 0.29) is 5.41 Å². The molecule has 0 saturated carbocycles. The van der Waals surface area contributed by atoms with Crippen molar-refractivity contribution in [3.8, 4) is 11.8 Å². The second-order valence-electron chi connectivity index (χ2n) is 6.13. The lowest BCUT2D eigenvalue weighted by atomic mass is 9.73. The van der Waals surface area contributed by atoms with E-state index in [4.69, 9.17) is 26.3 Å². The number of anilines is 1. The number of methoxy groups -OCH3 is 1. The molecule has 1 saturated heterocycles. The lowest BCUT2D eigenvalue weighted by molar-refractivity contribution is 0.0535. The first kappa shape index (κ1) is 17.5. The van der Waals surface area contributed by atoms with Crippen molar-refractivity contribution in [2.45, 2.75) is 18.3 Å². The van der Waals surface area contributed by atoms with Crippen molar-refractivity contribution in [3.63, 3.8) is 0 Å². The van der Waals surface area contributed by atoms with Gasteiger partial charge in [0, 0.05) is 42.0 Å². The molecule has 1 fully saturated rings. The SMILES string of the molecule is COc1ccc(Cl)cc1C1(CNc2ccc(C#N)cn2)CCOCC1. The molecular weight excluding hydrogens is 338 g/mol. The van der Waals surface area contributed by atoms with Crippen LogP contribution >= 0.6 is 11.6 Å². The summed E-state index contributed by atoms with van der Waals surface area (Å²) in [4.78, 5) is 4.30. The number of rotatable bonds is 5. The Kier molecular flexibility index (Phi) is 5.42. The van der Waals surface area contributed by atoms with Gasteiger partial charge in [0.15, 0.2) is 0 Å². The second-order valence-corrected chi connectivity index (χ2v) is 6.57. The molecule has 6 heteroatoms. The van der Waals surface area contributed by atoms with E-state index >= 15 is 0 Å². The van der Waals surface area contributed by atoms with Crippen LogP contribution in [0.1, 0.15) is 24.0 Å². The maximum absolute atomic E-state index is 8.88. The van der Waals surface area contributed by atoms with Gasteiger partial charge in [-0.1, -0.05) is 11.6 Å². The van der Waals surface area contributed by atoms with Crippen molar-refractivity contribution < 1.29 is 9.47 Å². The molecule has 5 nitrogen and oxygen atoms in total. The minimum Gasteiger partial charge on any atom is -0.496 e. The highest BCUT2D eigenvalue weighted by atomic mass is 35.5. The van der Waals surface area contributed by atoms with Gasteiger partial charge in [-0.25, -0.2) is 4.98 Å². The average molecular weight is 358 g/mol. The molecule has 0 amide bonds. The number of nitrogens with one attached hydrogen (secondary N) is 1. The summed E-state index contributed by atoms with van der Waals surface area (Å²) in [5.41, 5.74) is 1.49. The van der Waals surface area contributed by atoms with Crippen LogP contribution in [-0.4, -0.2) is 31.9 Å². The minimum absolute atomic E-state index is 0.149. The Labute approximate surface area is 152 Å². The number of ether oxygens (including phenoxy) is 2. The number of aromatic nitrogens is 1. The van der Waals surface area contributed by atoms with Crippen molar-refractivity contribution in [2.75, 3.05) is 32.2 Å². The highest BCUT2D eigenvalue weighted by Gasteiger charge is 2.37. The van der Waals surface area contributed by atoms with Crippen LogP contribution in [0.4, 0.5) is 5.82 Å². The number of halogens is 1. The zero-order valence-electron chi connectivity index (χ0n) is 14.1. The van der Waals surface area contributed by atoms with Crippen LogP contribution < -0.4 is 10.1 Å². The highest BCUT2D eigenvalue weighted by Crippen LogP contribution is 2.41. The molecule has 0 radical (unpaired) electrons.